The van der Waals surface area contributed by atoms with Gasteiger partial charge in [-0.15, -0.1) is 0 Å². The smallest absolute Gasteiger partial charge is 0.339 e. The van der Waals surface area contributed by atoms with Crippen molar-refractivity contribution in [1.82, 2.24) is 10.2 Å². The molecule has 0 aliphatic heterocycles. The van der Waals surface area contributed by atoms with Gasteiger partial charge < -0.3 is 24.5 Å². The summed E-state index contributed by atoms with van der Waals surface area (Å²) in [6, 6.07) is 10.3. The minimum absolute atomic E-state index is 0.0148. The molecule has 2 rings (SSSR count). The largest absolute Gasteiger partial charge is 0.493 e. The standard InChI is InChI=1S/C23H31N3O6S/c1-6-16(3)26(23(28)24-7-2)15-18-8-13-21(31-5)22(14-18)32-33(29,30)20-11-9-19(10-12-20)25-17(4)27/h8-14,16H,6-7,15H2,1-5H3,(H,24,28)(H,25,27). The quantitative estimate of drug-likeness (QED) is 0.504. The van der Waals surface area contributed by atoms with Crippen molar-refractivity contribution in [3.05, 3.63) is 48.0 Å². The van der Waals surface area contributed by atoms with E-state index >= 15 is 0 Å². The van der Waals surface area contributed by atoms with Crippen molar-refractivity contribution in [3.63, 3.8) is 0 Å². The van der Waals surface area contributed by atoms with E-state index < -0.39 is 10.1 Å². The van der Waals surface area contributed by atoms with Gasteiger partial charge in [0.1, 0.15) is 4.90 Å². The second kappa shape index (κ2) is 11.6. The molecule has 10 heteroatoms. The molecule has 0 saturated heterocycles. The highest BCUT2D eigenvalue weighted by Crippen LogP contribution is 2.32. The molecule has 0 spiro atoms. The molecular formula is C23H31N3O6S. The molecule has 0 aliphatic rings. The Morgan fingerprint density at radius 1 is 1.06 bits per heavy atom. The molecule has 0 fully saturated rings. The lowest BCUT2D eigenvalue weighted by Gasteiger charge is -2.29. The number of carbonyl (C=O) groups excluding carboxylic acids is 2. The van der Waals surface area contributed by atoms with Crippen LogP contribution >= 0.6 is 0 Å². The fourth-order valence-electron chi connectivity index (χ4n) is 3.06. The predicted octanol–water partition coefficient (Wildman–Crippen LogP) is 3.75. The Hall–Kier alpha value is -3.27. The van der Waals surface area contributed by atoms with Gasteiger partial charge in [-0.2, -0.15) is 8.42 Å². The monoisotopic (exact) mass is 477 g/mol. The number of rotatable bonds is 10. The number of nitrogens with one attached hydrogen (secondary N) is 2. The predicted molar refractivity (Wildman–Crippen MR) is 126 cm³/mol. The average Bonchev–Trinajstić information content (AvgIpc) is 2.77. The van der Waals surface area contributed by atoms with Crippen LogP contribution in [-0.4, -0.2) is 45.0 Å². The summed E-state index contributed by atoms with van der Waals surface area (Å²) < 4.78 is 36.4. The first kappa shape index (κ1) is 26.0. The summed E-state index contributed by atoms with van der Waals surface area (Å²) in [6.45, 7) is 7.92. The summed E-state index contributed by atoms with van der Waals surface area (Å²) in [4.78, 5) is 25.3. The van der Waals surface area contributed by atoms with Gasteiger partial charge in [-0.1, -0.05) is 13.0 Å². The molecule has 3 amide bonds. The van der Waals surface area contributed by atoms with Crippen LogP contribution in [0.3, 0.4) is 0 Å². The molecular weight excluding hydrogens is 446 g/mol. The van der Waals surface area contributed by atoms with Crippen LogP contribution in [-0.2, 0) is 21.5 Å². The summed E-state index contributed by atoms with van der Waals surface area (Å²) in [5.41, 5.74) is 1.16. The lowest BCUT2D eigenvalue weighted by molar-refractivity contribution is -0.114. The highest BCUT2D eigenvalue weighted by molar-refractivity contribution is 7.87. The normalized spacial score (nSPS) is 11.9. The molecule has 0 heterocycles. The molecule has 2 N–H and O–H groups in total. The number of urea groups is 1. The Balaban J connectivity index is 2.31. The number of hydrogen-bond acceptors (Lipinski definition) is 6. The maximum Gasteiger partial charge on any atom is 0.339 e. The lowest BCUT2D eigenvalue weighted by Crippen LogP contribution is -2.44. The van der Waals surface area contributed by atoms with Gasteiger partial charge in [0.2, 0.25) is 5.91 Å². The Kier molecular flexibility index (Phi) is 9.10. The van der Waals surface area contributed by atoms with Crippen LogP contribution in [0.15, 0.2) is 47.4 Å². The summed E-state index contributed by atoms with van der Waals surface area (Å²) >= 11 is 0. The third-order valence-corrected chi connectivity index (χ3v) is 6.20. The molecule has 2 aromatic rings. The Morgan fingerprint density at radius 2 is 1.73 bits per heavy atom. The van der Waals surface area contributed by atoms with Crippen molar-refractivity contribution in [3.8, 4) is 11.5 Å². The highest BCUT2D eigenvalue weighted by Gasteiger charge is 2.22. The zero-order chi connectivity index (χ0) is 24.6. The van der Waals surface area contributed by atoms with Crippen molar-refractivity contribution >= 4 is 27.7 Å². The number of benzene rings is 2. The Labute approximate surface area is 195 Å². The third kappa shape index (κ3) is 7.11. The van der Waals surface area contributed by atoms with Crippen LogP contribution in [0.25, 0.3) is 0 Å². The molecule has 0 bridgehead atoms. The van der Waals surface area contributed by atoms with Crippen molar-refractivity contribution in [2.24, 2.45) is 0 Å². The van der Waals surface area contributed by atoms with E-state index in [1.807, 2.05) is 20.8 Å². The van der Waals surface area contributed by atoms with Gasteiger partial charge in [0.05, 0.1) is 7.11 Å². The second-order valence-corrected chi connectivity index (χ2v) is 9.00. The zero-order valence-electron chi connectivity index (χ0n) is 19.5. The van der Waals surface area contributed by atoms with Gasteiger partial charge in [0, 0.05) is 31.7 Å². The number of anilines is 1. The third-order valence-electron chi connectivity index (χ3n) is 4.96. The van der Waals surface area contributed by atoms with Gasteiger partial charge >= 0.3 is 16.1 Å². The summed E-state index contributed by atoms with van der Waals surface area (Å²) in [5, 5.41) is 5.38. The molecule has 1 unspecified atom stereocenters. The van der Waals surface area contributed by atoms with Crippen molar-refractivity contribution < 1.29 is 26.9 Å². The first-order valence-electron chi connectivity index (χ1n) is 10.6. The Morgan fingerprint density at radius 3 is 2.27 bits per heavy atom. The van der Waals surface area contributed by atoms with Crippen LogP contribution in [0, 0.1) is 0 Å². The average molecular weight is 478 g/mol. The van der Waals surface area contributed by atoms with Gasteiger partial charge in [0.25, 0.3) is 0 Å². The van der Waals surface area contributed by atoms with E-state index in [9.17, 15) is 18.0 Å². The summed E-state index contributed by atoms with van der Waals surface area (Å²) in [7, 11) is -2.75. The first-order chi connectivity index (χ1) is 15.6. The second-order valence-electron chi connectivity index (χ2n) is 7.45. The van der Waals surface area contributed by atoms with Crippen molar-refractivity contribution in [2.75, 3.05) is 19.0 Å². The van der Waals surface area contributed by atoms with E-state index in [-0.39, 0.29) is 40.9 Å². The number of methoxy groups -OCH3 is 1. The van der Waals surface area contributed by atoms with E-state index in [2.05, 4.69) is 10.6 Å². The van der Waals surface area contributed by atoms with Gasteiger partial charge in [0.15, 0.2) is 11.5 Å². The lowest BCUT2D eigenvalue weighted by atomic mass is 10.1. The molecule has 180 valence electrons. The zero-order valence-corrected chi connectivity index (χ0v) is 20.4. The van der Waals surface area contributed by atoms with E-state index in [1.54, 1.807) is 23.1 Å². The SMILES string of the molecule is CCNC(=O)N(Cc1ccc(OC)c(OS(=O)(=O)c2ccc(NC(C)=O)cc2)c1)C(C)CC. The van der Waals surface area contributed by atoms with Crippen molar-refractivity contribution in [2.45, 2.75) is 51.6 Å². The van der Waals surface area contributed by atoms with Gasteiger partial charge in [-0.05, 0) is 62.2 Å². The molecule has 0 aromatic heterocycles. The minimum atomic E-state index is -4.17. The van der Waals surface area contributed by atoms with E-state index in [4.69, 9.17) is 8.92 Å². The van der Waals surface area contributed by atoms with Crippen LogP contribution in [0.2, 0.25) is 0 Å². The first-order valence-corrected chi connectivity index (χ1v) is 12.1. The summed E-state index contributed by atoms with van der Waals surface area (Å²) in [6.07, 6.45) is 0.763. The summed E-state index contributed by atoms with van der Waals surface area (Å²) in [5.74, 6) is -0.00584. The number of nitrogens with zero attached hydrogens (tertiary/aromatic N) is 1. The molecule has 0 aliphatic carbocycles. The highest BCUT2D eigenvalue weighted by atomic mass is 32.2. The van der Waals surface area contributed by atoms with E-state index in [0.29, 0.717) is 17.8 Å². The number of amides is 3. The molecule has 9 nitrogen and oxygen atoms in total. The van der Waals surface area contributed by atoms with Crippen LogP contribution in [0.4, 0.5) is 10.5 Å². The fraction of sp³-hybridized carbons (Fsp3) is 0.391. The van der Waals surface area contributed by atoms with E-state index in [0.717, 1.165) is 6.42 Å². The molecule has 0 radical (unpaired) electrons. The molecule has 1 atom stereocenters. The van der Waals surface area contributed by atoms with Gasteiger partial charge in [-0.25, -0.2) is 4.79 Å². The van der Waals surface area contributed by atoms with Crippen molar-refractivity contribution in [1.29, 1.82) is 0 Å². The maximum absolute atomic E-state index is 12.8. The maximum atomic E-state index is 12.8. The molecule has 2 aromatic carbocycles. The minimum Gasteiger partial charge on any atom is -0.493 e. The number of hydrogen-bond donors (Lipinski definition) is 2. The number of carbonyl (C=O) groups is 2. The topological polar surface area (TPSA) is 114 Å². The van der Waals surface area contributed by atoms with Crippen LogP contribution < -0.4 is 19.6 Å². The Bertz CT molecular complexity index is 1070. The van der Waals surface area contributed by atoms with Crippen LogP contribution in [0.1, 0.15) is 39.7 Å². The van der Waals surface area contributed by atoms with E-state index in [1.165, 1.54) is 38.3 Å². The van der Waals surface area contributed by atoms with Gasteiger partial charge in [-0.3, -0.25) is 4.79 Å². The van der Waals surface area contributed by atoms with Crippen LogP contribution in [0.5, 0.6) is 11.5 Å². The number of ether oxygens (including phenoxy) is 1. The molecule has 0 saturated carbocycles. The fourth-order valence-corrected chi connectivity index (χ4v) is 3.99. The molecule has 33 heavy (non-hydrogen) atoms.